The van der Waals surface area contributed by atoms with Crippen LogP contribution >= 0.6 is 0 Å². The number of hydrogen-bond donors (Lipinski definition) is 1. The minimum absolute atomic E-state index is 0.0677. The Hall–Kier alpha value is -1.42. The zero-order chi connectivity index (χ0) is 15.4. The van der Waals surface area contributed by atoms with E-state index in [2.05, 4.69) is 5.32 Å². The minimum Gasteiger partial charge on any atom is -0.381 e. The van der Waals surface area contributed by atoms with Crippen LogP contribution < -0.4 is 5.32 Å². The molecule has 0 bridgehead atoms. The standard InChI is InChI=1S/C18H24FNO2/c19-16-6-2-1-5-15(16)18(8-3-4-9-18)13-20-17(21)11-14-7-10-22-12-14/h1-2,5-6,14H,3-4,7-13H2,(H,20,21)/t14-/m0/s1. The molecule has 120 valence electrons. The van der Waals surface area contributed by atoms with Crippen LogP contribution in [0.2, 0.25) is 0 Å². The van der Waals surface area contributed by atoms with Gasteiger partial charge >= 0.3 is 0 Å². The summed E-state index contributed by atoms with van der Waals surface area (Å²) in [5, 5.41) is 3.06. The molecule has 1 aliphatic carbocycles. The van der Waals surface area contributed by atoms with E-state index in [-0.39, 0.29) is 17.1 Å². The summed E-state index contributed by atoms with van der Waals surface area (Å²) in [6.07, 6.45) is 5.57. The molecule has 1 N–H and O–H groups in total. The van der Waals surface area contributed by atoms with Gasteiger partial charge < -0.3 is 10.1 Å². The number of carbonyl (C=O) groups is 1. The van der Waals surface area contributed by atoms with Crippen molar-refractivity contribution in [1.29, 1.82) is 0 Å². The Kier molecular flexibility index (Phi) is 4.77. The summed E-state index contributed by atoms with van der Waals surface area (Å²) < 4.78 is 19.5. The molecule has 0 unspecified atom stereocenters. The number of nitrogens with one attached hydrogen (secondary N) is 1. The van der Waals surface area contributed by atoms with Crippen molar-refractivity contribution in [1.82, 2.24) is 5.32 Å². The van der Waals surface area contributed by atoms with Crippen molar-refractivity contribution in [3.8, 4) is 0 Å². The van der Waals surface area contributed by atoms with Crippen molar-refractivity contribution in [2.45, 2.75) is 43.9 Å². The molecule has 2 fully saturated rings. The third-order valence-corrected chi connectivity index (χ3v) is 5.13. The Morgan fingerprint density at radius 1 is 1.32 bits per heavy atom. The second-order valence-electron chi connectivity index (χ2n) is 6.68. The minimum atomic E-state index is -0.229. The number of rotatable bonds is 5. The monoisotopic (exact) mass is 305 g/mol. The lowest BCUT2D eigenvalue weighted by atomic mass is 9.78. The third-order valence-electron chi connectivity index (χ3n) is 5.13. The van der Waals surface area contributed by atoms with Gasteiger partial charge in [-0.05, 0) is 36.8 Å². The summed E-state index contributed by atoms with van der Waals surface area (Å²) in [6.45, 7) is 1.99. The molecule has 0 spiro atoms. The maximum absolute atomic E-state index is 14.2. The van der Waals surface area contributed by atoms with Crippen LogP contribution in [0.4, 0.5) is 4.39 Å². The van der Waals surface area contributed by atoms with Gasteiger partial charge in [0.2, 0.25) is 5.91 Å². The highest BCUT2D eigenvalue weighted by atomic mass is 19.1. The van der Waals surface area contributed by atoms with E-state index < -0.39 is 0 Å². The highest BCUT2D eigenvalue weighted by molar-refractivity contribution is 5.76. The average Bonchev–Trinajstić information content (AvgIpc) is 3.18. The second-order valence-corrected chi connectivity index (χ2v) is 6.68. The van der Waals surface area contributed by atoms with Gasteiger partial charge in [-0.2, -0.15) is 0 Å². The van der Waals surface area contributed by atoms with Gasteiger partial charge in [-0.25, -0.2) is 4.39 Å². The predicted octanol–water partition coefficient (Wildman–Crippen LogP) is 3.18. The first kappa shape index (κ1) is 15.5. The number of halogens is 1. The van der Waals surface area contributed by atoms with Crippen LogP contribution in [-0.4, -0.2) is 25.7 Å². The normalized spacial score (nSPS) is 23.6. The predicted molar refractivity (Wildman–Crippen MR) is 83.1 cm³/mol. The van der Waals surface area contributed by atoms with Gasteiger partial charge in [0.05, 0.1) is 0 Å². The quantitative estimate of drug-likeness (QED) is 0.907. The summed E-state index contributed by atoms with van der Waals surface area (Å²) in [4.78, 5) is 12.2. The Labute approximate surface area is 131 Å². The number of amides is 1. The lowest BCUT2D eigenvalue weighted by molar-refractivity contribution is -0.122. The first-order valence-electron chi connectivity index (χ1n) is 8.29. The van der Waals surface area contributed by atoms with Gasteiger partial charge in [-0.1, -0.05) is 31.0 Å². The molecule has 2 aliphatic rings. The lowest BCUT2D eigenvalue weighted by Crippen LogP contribution is -2.40. The summed E-state index contributed by atoms with van der Waals surface area (Å²) in [5.74, 6) is 0.258. The van der Waals surface area contributed by atoms with Gasteiger partial charge in [-0.15, -0.1) is 0 Å². The van der Waals surface area contributed by atoms with Crippen LogP contribution in [0, 0.1) is 11.7 Å². The van der Waals surface area contributed by atoms with Gasteiger partial charge in [0.1, 0.15) is 5.82 Å². The molecule has 1 aromatic rings. The highest BCUT2D eigenvalue weighted by Gasteiger charge is 2.37. The van der Waals surface area contributed by atoms with E-state index in [0.29, 0.717) is 25.5 Å². The summed E-state index contributed by atoms with van der Waals surface area (Å²) in [6, 6.07) is 7.00. The Balaban J connectivity index is 1.64. The van der Waals surface area contributed by atoms with E-state index in [9.17, 15) is 9.18 Å². The fraction of sp³-hybridized carbons (Fsp3) is 0.611. The topological polar surface area (TPSA) is 38.3 Å². The number of hydrogen-bond acceptors (Lipinski definition) is 2. The van der Waals surface area contributed by atoms with Crippen LogP contribution in [0.5, 0.6) is 0 Å². The van der Waals surface area contributed by atoms with E-state index in [1.54, 1.807) is 6.07 Å². The fourth-order valence-electron chi connectivity index (χ4n) is 3.83. The largest absolute Gasteiger partial charge is 0.381 e. The van der Waals surface area contributed by atoms with Gasteiger partial charge in [0.25, 0.3) is 0 Å². The molecule has 0 radical (unpaired) electrons. The van der Waals surface area contributed by atoms with Crippen LogP contribution in [0.3, 0.4) is 0 Å². The Morgan fingerprint density at radius 2 is 2.09 bits per heavy atom. The molecule has 1 saturated carbocycles. The first-order valence-corrected chi connectivity index (χ1v) is 8.29. The van der Waals surface area contributed by atoms with Crippen LogP contribution in [-0.2, 0) is 14.9 Å². The number of benzene rings is 1. The smallest absolute Gasteiger partial charge is 0.220 e. The van der Waals surface area contributed by atoms with Crippen LogP contribution in [0.25, 0.3) is 0 Å². The van der Waals surface area contributed by atoms with Crippen LogP contribution in [0.1, 0.15) is 44.1 Å². The second kappa shape index (κ2) is 6.78. The Morgan fingerprint density at radius 3 is 2.77 bits per heavy atom. The molecule has 22 heavy (non-hydrogen) atoms. The van der Waals surface area contributed by atoms with Crippen molar-refractivity contribution in [3.63, 3.8) is 0 Å². The Bertz CT molecular complexity index is 520. The molecule has 0 aromatic heterocycles. The summed E-state index contributed by atoms with van der Waals surface area (Å²) >= 11 is 0. The molecule has 1 heterocycles. The van der Waals surface area contributed by atoms with Crippen molar-refractivity contribution in [3.05, 3.63) is 35.6 Å². The maximum atomic E-state index is 14.2. The maximum Gasteiger partial charge on any atom is 0.220 e. The number of carbonyl (C=O) groups excluding carboxylic acids is 1. The molecule has 4 heteroatoms. The summed E-state index contributed by atoms with van der Waals surface area (Å²) in [5.41, 5.74) is 0.532. The van der Waals surface area contributed by atoms with Crippen molar-refractivity contribution in [2.75, 3.05) is 19.8 Å². The first-order chi connectivity index (χ1) is 10.7. The molecule has 1 aromatic carbocycles. The fourth-order valence-corrected chi connectivity index (χ4v) is 3.83. The zero-order valence-electron chi connectivity index (χ0n) is 12.9. The van der Waals surface area contributed by atoms with Crippen molar-refractivity contribution in [2.24, 2.45) is 5.92 Å². The van der Waals surface area contributed by atoms with Crippen molar-refractivity contribution < 1.29 is 13.9 Å². The molecule has 1 amide bonds. The van der Waals surface area contributed by atoms with Crippen LogP contribution in [0.15, 0.2) is 24.3 Å². The van der Waals surface area contributed by atoms with Gasteiger partial charge in [0.15, 0.2) is 0 Å². The average molecular weight is 305 g/mol. The van der Waals surface area contributed by atoms with E-state index in [1.165, 1.54) is 6.07 Å². The van der Waals surface area contributed by atoms with Gasteiger partial charge in [-0.3, -0.25) is 4.79 Å². The molecule has 1 atom stereocenters. The highest BCUT2D eigenvalue weighted by Crippen LogP contribution is 2.41. The molecular weight excluding hydrogens is 281 g/mol. The summed E-state index contributed by atoms with van der Waals surface area (Å²) in [7, 11) is 0. The number of ether oxygens (including phenoxy) is 1. The third kappa shape index (κ3) is 3.32. The molecular formula is C18H24FNO2. The lowest BCUT2D eigenvalue weighted by Gasteiger charge is -2.30. The van der Waals surface area contributed by atoms with E-state index in [4.69, 9.17) is 4.74 Å². The van der Waals surface area contributed by atoms with E-state index in [0.717, 1.165) is 44.3 Å². The van der Waals surface area contributed by atoms with Crippen molar-refractivity contribution >= 4 is 5.91 Å². The molecule has 1 aliphatic heterocycles. The van der Waals surface area contributed by atoms with E-state index in [1.807, 2.05) is 12.1 Å². The zero-order valence-corrected chi connectivity index (χ0v) is 12.9. The molecule has 3 rings (SSSR count). The molecule has 3 nitrogen and oxygen atoms in total. The molecule has 1 saturated heterocycles. The SMILES string of the molecule is O=C(C[C@@H]1CCOC1)NCC1(c2ccccc2F)CCCC1. The van der Waals surface area contributed by atoms with Gasteiger partial charge in [0, 0.05) is 31.6 Å². The van der Waals surface area contributed by atoms with E-state index >= 15 is 0 Å².